The van der Waals surface area contributed by atoms with Crippen molar-refractivity contribution in [2.45, 2.75) is 38.5 Å². The first-order valence-electron chi connectivity index (χ1n) is 6.01. The summed E-state index contributed by atoms with van der Waals surface area (Å²) in [6.07, 6.45) is 3.86. The standard InChI is InChI=1S/C10H16/c1-7-2-9-4-8(1)5-10(3-7)6-9/h7-10H,1-6H2/i1D2,7D. The Morgan fingerprint density at radius 3 is 2.10 bits per heavy atom. The monoisotopic (exact) mass is 139 g/mol. The molecule has 4 fully saturated rings. The van der Waals surface area contributed by atoms with Crippen molar-refractivity contribution in [3.05, 3.63) is 0 Å². The van der Waals surface area contributed by atoms with Crippen LogP contribution >= 0.6 is 0 Å². The first kappa shape index (κ1) is 3.60. The van der Waals surface area contributed by atoms with E-state index in [4.69, 9.17) is 4.11 Å². The van der Waals surface area contributed by atoms with E-state index in [2.05, 4.69) is 0 Å². The van der Waals surface area contributed by atoms with Crippen molar-refractivity contribution in [1.82, 2.24) is 0 Å². The summed E-state index contributed by atoms with van der Waals surface area (Å²) in [5, 5.41) is 0. The molecule has 2 unspecified atom stereocenters. The third-order valence-electron chi connectivity index (χ3n) is 3.38. The molecular weight excluding hydrogens is 120 g/mol. The van der Waals surface area contributed by atoms with Gasteiger partial charge in [0.15, 0.2) is 0 Å². The molecule has 4 aliphatic carbocycles. The Morgan fingerprint density at radius 2 is 1.50 bits per heavy atom. The minimum Gasteiger partial charge on any atom is -0.0475 e. The summed E-state index contributed by atoms with van der Waals surface area (Å²) in [6.45, 7) is 0. The van der Waals surface area contributed by atoms with Gasteiger partial charge in [-0.05, 0) is 62.1 Å². The van der Waals surface area contributed by atoms with Gasteiger partial charge in [0.05, 0.1) is 0 Å². The lowest BCUT2D eigenvalue weighted by atomic mass is 9.56. The maximum absolute atomic E-state index is 8.24. The second-order valence-electron chi connectivity index (χ2n) is 4.29. The van der Waals surface area contributed by atoms with Gasteiger partial charge in [-0.1, -0.05) is 0 Å². The normalized spacial score (nSPS) is 74.4. The third kappa shape index (κ3) is 0.681. The topological polar surface area (TPSA) is 0 Å². The summed E-state index contributed by atoms with van der Waals surface area (Å²) < 4.78 is 24.3. The van der Waals surface area contributed by atoms with Crippen LogP contribution in [0.4, 0.5) is 0 Å². The molecule has 0 heterocycles. The van der Waals surface area contributed by atoms with E-state index in [0.717, 1.165) is 25.7 Å². The summed E-state index contributed by atoms with van der Waals surface area (Å²) in [5.74, 6) is 0.843. The van der Waals surface area contributed by atoms with Crippen LogP contribution in [0.1, 0.15) is 42.6 Å². The Kier molecular flexibility index (Phi) is 0.640. The van der Waals surface area contributed by atoms with Crippen LogP contribution < -0.4 is 0 Å². The van der Waals surface area contributed by atoms with Crippen LogP contribution in [-0.2, 0) is 0 Å². The average Bonchev–Trinajstić information content (AvgIpc) is 1.99. The van der Waals surface area contributed by atoms with Gasteiger partial charge in [0, 0.05) is 4.11 Å². The summed E-state index contributed by atoms with van der Waals surface area (Å²) in [5.41, 5.74) is 0. The van der Waals surface area contributed by atoms with Crippen molar-refractivity contribution in [3.8, 4) is 0 Å². The molecule has 0 radical (unpaired) electrons. The predicted octanol–water partition coefficient (Wildman–Crippen LogP) is 2.83. The van der Waals surface area contributed by atoms with Crippen molar-refractivity contribution in [2.24, 2.45) is 23.6 Å². The van der Waals surface area contributed by atoms with Gasteiger partial charge in [-0.3, -0.25) is 0 Å². The van der Waals surface area contributed by atoms with E-state index in [-0.39, 0.29) is 5.92 Å². The zero-order valence-corrected chi connectivity index (χ0v) is 6.27. The van der Waals surface area contributed by atoms with Crippen molar-refractivity contribution >= 4 is 0 Å². The smallest absolute Gasteiger partial charge is 0.0303 e. The van der Waals surface area contributed by atoms with Crippen LogP contribution in [0, 0.1) is 23.6 Å². The van der Waals surface area contributed by atoms with E-state index in [1.165, 1.54) is 6.42 Å². The Balaban J connectivity index is 2.03. The van der Waals surface area contributed by atoms with E-state index in [1.54, 1.807) is 0 Å². The SMILES string of the molecule is [2H]C12CC3CC(CC(C3)C1([2H])[2H])C2. The largest absolute Gasteiger partial charge is 0.0475 e. The van der Waals surface area contributed by atoms with Gasteiger partial charge in [-0.25, -0.2) is 0 Å². The van der Waals surface area contributed by atoms with Crippen molar-refractivity contribution in [3.63, 3.8) is 0 Å². The van der Waals surface area contributed by atoms with E-state index < -0.39 is 12.3 Å². The van der Waals surface area contributed by atoms with Gasteiger partial charge < -0.3 is 0 Å². The second kappa shape index (κ2) is 1.78. The molecule has 0 saturated heterocycles. The minimum absolute atomic E-state index is 0.205. The molecule has 2 atom stereocenters. The quantitative estimate of drug-likeness (QED) is 0.484. The second-order valence-corrected chi connectivity index (χ2v) is 4.29. The summed E-state index contributed by atoms with van der Waals surface area (Å²) >= 11 is 0. The molecule has 4 saturated carbocycles. The summed E-state index contributed by atoms with van der Waals surface area (Å²) in [6, 6.07) is 0. The minimum atomic E-state index is -1.19. The van der Waals surface area contributed by atoms with E-state index in [0.29, 0.717) is 11.8 Å². The highest BCUT2D eigenvalue weighted by atomic mass is 14.5. The highest BCUT2D eigenvalue weighted by Crippen LogP contribution is 2.53. The molecule has 0 N–H and O–H groups in total. The molecule has 0 aromatic heterocycles. The average molecular weight is 139 g/mol. The molecule has 0 heteroatoms. The summed E-state index contributed by atoms with van der Waals surface area (Å²) in [4.78, 5) is 0. The number of hydrogen-bond donors (Lipinski definition) is 0. The molecule has 0 amide bonds. The van der Waals surface area contributed by atoms with Crippen molar-refractivity contribution in [1.29, 1.82) is 0 Å². The Morgan fingerprint density at radius 1 is 0.900 bits per heavy atom. The Bertz CT molecular complexity index is 235. The maximum Gasteiger partial charge on any atom is 0.0303 e. The zero-order chi connectivity index (χ0) is 9.27. The lowest BCUT2D eigenvalue weighted by molar-refractivity contribution is 0.0198. The van der Waals surface area contributed by atoms with E-state index >= 15 is 0 Å². The van der Waals surface area contributed by atoms with Crippen molar-refractivity contribution < 1.29 is 4.11 Å². The zero-order valence-electron chi connectivity index (χ0n) is 9.27. The summed E-state index contributed by atoms with van der Waals surface area (Å²) in [7, 11) is 0. The molecule has 4 bridgehead atoms. The molecule has 0 aromatic carbocycles. The molecular formula is C10H16. The van der Waals surface area contributed by atoms with Gasteiger partial charge in [0.25, 0.3) is 0 Å². The number of hydrogen-bond acceptors (Lipinski definition) is 0. The molecule has 4 aliphatic rings. The van der Waals surface area contributed by atoms with Gasteiger partial charge in [-0.15, -0.1) is 0 Å². The van der Waals surface area contributed by atoms with Crippen LogP contribution in [0.5, 0.6) is 0 Å². The van der Waals surface area contributed by atoms with Gasteiger partial charge in [0.2, 0.25) is 0 Å². The Labute approximate surface area is 67.2 Å². The van der Waals surface area contributed by atoms with Gasteiger partial charge >= 0.3 is 0 Å². The van der Waals surface area contributed by atoms with Crippen LogP contribution in [0.3, 0.4) is 0 Å². The van der Waals surface area contributed by atoms with Crippen LogP contribution in [0.15, 0.2) is 0 Å². The van der Waals surface area contributed by atoms with Crippen LogP contribution in [0.25, 0.3) is 0 Å². The first-order chi connectivity index (χ1) is 6.01. The fourth-order valence-corrected chi connectivity index (χ4v) is 3.20. The van der Waals surface area contributed by atoms with Crippen LogP contribution in [-0.4, -0.2) is 0 Å². The predicted molar refractivity (Wildman–Crippen MR) is 41.7 cm³/mol. The highest BCUT2D eigenvalue weighted by molar-refractivity contribution is 4.92. The lowest BCUT2D eigenvalue weighted by Gasteiger charge is -2.49. The van der Waals surface area contributed by atoms with Crippen molar-refractivity contribution in [2.75, 3.05) is 0 Å². The van der Waals surface area contributed by atoms with Gasteiger partial charge in [0.1, 0.15) is 0 Å². The van der Waals surface area contributed by atoms with E-state index in [9.17, 15) is 0 Å². The Hall–Kier alpha value is 0. The van der Waals surface area contributed by atoms with E-state index in [1.807, 2.05) is 0 Å². The molecule has 0 aromatic rings. The number of rotatable bonds is 0. The molecule has 0 nitrogen and oxygen atoms in total. The van der Waals surface area contributed by atoms with Crippen LogP contribution in [0.2, 0.25) is 0 Å². The molecule has 4 rings (SSSR count). The molecule has 10 heavy (non-hydrogen) atoms. The maximum atomic E-state index is 8.24. The molecule has 56 valence electrons. The third-order valence-corrected chi connectivity index (χ3v) is 3.38. The lowest BCUT2D eigenvalue weighted by Crippen LogP contribution is -2.38. The molecule has 0 spiro atoms. The molecule has 0 aliphatic heterocycles. The van der Waals surface area contributed by atoms with Gasteiger partial charge in [-0.2, -0.15) is 0 Å². The first-order valence-corrected chi connectivity index (χ1v) is 4.51. The fourth-order valence-electron chi connectivity index (χ4n) is 3.20. The fraction of sp³-hybridized carbons (Fsp3) is 1.00. The highest BCUT2D eigenvalue weighted by Gasteiger charge is 2.41.